The van der Waals surface area contributed by atoms with Crippen LogP contribution in [0.3, 0.4) is 0 Å². The number of hydrogen-bond acceptors (Lipinski definition) is 3. The molecule has 2 aromatic rings. The zero-order valence-corrected chi connectivity index (χ0v) is 9.94. The molecule has 16 heavy (non-hydrogen) atoms. The highest BCUT2D eigenvalue weighted by atomic mass is 35.5. The summed E-state index contributed by atoms with van der Waals surface area (Å²) in [6.07, 6.45) is 0. The molecule has 0 atom stereocenters. The molecule has 0 spiro atoms. The molecule has 0 fully saturated rings. The molecule has 0 saturated carbocycles. The van der Waals surface area contributed by atoms with Crippen molar-refractivity contribution in [2.45, 2.75) is 6.92 Å². The summed E-state index contributed by atoms with van der Waals surface area (Å²) in [6.45, 7) is 2.06. The first-order chi connectivity index (χ1) is 7.66. The number of benzene rings is 1. The molecule has 0 aliphatic carbocycles. The van der Waals surface area contributed by atoms with Crippen molar-refractivity contribution in [2.75, 3.05) is 11.9 Å². The minimum atomic E-state index is 0.404. The quantitative estimate of drug-likeness (QED) is 0.798. The van der Waals surface area contributed by atoms with E-state index in [9.17, 15) is 0 Å². The van der Waals surface area contributed by atoms with Gasteiger partial charge in [-0.1, -0.05) is 29.3 Å². The van der Waals surface area contributed by atoms with Gasteiger partial charge in [-0.25, -0.2) is 0 Å². The molecule has 0 radical (unpaired) electrons. The van der Waals surface area contributed by atoms with Crippen molar-refractivity contribution in [1.29, 1.82) is 0 Å². The molecule has 0 aliphatic heterocycles. The largest absolute Gasteiger partial charge is 0.328 e. The van der Waals surface area contributed by atoms with E-state index in [1.807, 2.05) is 30.1 Å². The molecule has 0 unspecified atom stereocenters. The number of rotatable bonds is 2. The Morgan fingerprint density at radius 3 is 2.25 bits per heavy atom. The van der Waals surface area contributed by atoms with Gasteiger partial charge in [0.2, 0.25) is 0 Å². The Morgan fingerprint density at radius 1 is 1.00 bits per heavy atom. The van der Waals surface area contributed by atoms with E-state index in [1.54, 1.807) is 6.07 Å². The van der Waals surface area contributed by atoms with Gasteiger partial charge in [0.1, 0.15) is 0 Å². The SMILES string of the molecule is Cc1ccc(N(C)c2ccc(Cl)nn2)cc1. The van der Waals surface area contributed by atoms with Gasteiger partial charge in [0, 0.05) is 12.7 Å². The highest BCUT2D eigenvalue weighted by Crippen LogP contribution is 2.21. The molecule has 1 aromatic heterocycles. The summed E-state index contributed by atoms with van der Waals surface area (Å²) in [5.41, 5.74) is 2.31. The summed E-state index contributed by atoms with van der Waals surface area (Å²) in [6, 6.07) is 11.8. The fourth-order valence-electron chi connectivity index (χ4n) is 1.39. The van der Waals surface area contributed by atoms with E-state index in [4.69, 9.17) is 11.6 Å². The Bertz CT molecular complexity index is 419. The lowest BCUT2D eigenvalue weighted by Gasteiger charge is -2.17. The average Bonchev–Trinajstić information content (AvgIpc) is 2.30. The van der Waals surface area contributed by atoms with Gasteiger partial charge in [-0.2, -0.15) is 0 Å². The van der Waals surface area contributed by atoms with Crippen molar-refractivity contribution in [3.8, 4) is 0 Å². The van der Waals surface area contributed by atoms with Crippen LogP contribution in [-0.4, -0.2) is 17.2 Å². The van der Waals surface area contributed by atoms with Gasteiger partial charge in [-0.15, -0.1) is 10.2 Å². The fourth-order valence-corrected chi connectivity index (χ4v) is 1.49. The van der Waals surface area contributed by atoms with Crippen LogP contribution in [0.2, 0.25) is 5.15 Å². The molecule has 0 N–H and O–H groups in total. The Hall–Kier alpha value is -1.61. The van der Waals surface area contributed by atoms with Crippen molar-refractivity contribution in [3.05, 3.63) is 47.1 Å². The van der Waals surface area contributed by atoms with Gasteiger partial charge in [-0.3, -0.25) is 0 Å². The Labute approximate surface area is 99.7 Å². The maximum Gasteiger partial charge on any atom is 0.155 e. The van der Waals surface area contributed by atoms with Crippen LogP contribution in [-0.2, 0) is 0 Å². The van der Waals surface area contributed by atoms with Crippen molar-refractivity contribution < 1.29 is 0 Å². The van der Waals surface area contributed by atoms with E-state index in [0.29, 0.717) is 5.15 Å². The van der Waals surface area contributed by atoms with Gasteiger partial charge < -0.3 is 4.90 Å². The Kier molecular flexibility index (Phi) is 3.06. The average molecular weight is 234 g/mol. The van der Waals surface area contributed by atoms with Crippen LogP contribution >= 0.6 is 11.6 Å². The molecule has 2 rings (SSSR count). The molecule has 0 aliphatic rings. The topological polar surface area (TPSA) is 29.0 Å². The third-order valence-electron chi connectivity index (χ3n) is 2.38. The number of nitrogens with zero attached hydrogens (tertiary/aromatic N) is 3. The third kappa shape index (κ3) is 2.31. The van der Waals surface area contributed by atoms with Gasteiger partial charge in [0.25, 0.3) is 0 Å². The summed E-state index contributed by atoms with van der Waals surface area (Å²) in [5, 5.41) is 8.24. The zero-order valence-electron chi connectivity index (χ0n) is 9.18. The summed E-state index contributed by atoms with van der Waals surface area (Å²) >= 11 is 5.69. The van der Waals surface area contributed by atoms with Crippen LogP contribution in [0.4, 0.5) is 11.5 Å². The lowest BCUT2D eigenvalue weighted by atomic mass is 10.2. The summed E-state index contributed by atoms with van der Waals surface area (Å²) in [5.74, 6) is 0.772. The Balaban J connectivity index is 2.28. The third-order valence-corrected chi connectivity index (χ3v) is 2.58. The smallest absolute Gasteiger partial charge is 0.155 e. The first kappa shape index (κ1) is 10.9. The monoisotopic (exact) mass is 233 g/mol. The minimum absolute atomic E-state index is 0.404. The number of hydrogen-bond donors (Lipinski definition) is 0. The second-order valence-electron chi connectivity index (χ2n) is 3.61. The highest BCUT2D eigenvalue weighted by molar-refractivity contribution is 6.29. The van der Waals surface area contributed by atoms with E-state index >= 15 is 0 Å². The van der Waals surface area contributed by atoms with Crippen LogP contribution in [0.1, 0.15) is 5.56 Å². The van der Waals surface area contributed by atoms with Crippen molar-refractivity contribution >= 4 is 23.1 Å². The normalized spacial score (nSPS) is 10.2. The van der Waals surface area contributed by atoms with Crippen molar-refractivity contribution in [1.82, 2.24) is 10.2 Å². The maximum atomic E-state index is 5.69. The number of anilines is 2. The van der Waals surface area contributed by atoms with Gasteiger partial charge >= 0.3 is 0 Å². The molecule has 1 heterocycles. The second-order valence-corrected chi connectivity index (χ2v) is 4.00. The Morgan fingerprint density at radius 2 is 1.69 bits per heavy atom. The lowest BCUT2D eigenvalue weighted by molar-refractivity contribution is 0.988. The van der Waals surface area contributed by atoms with Crippen LogP contribution in [0.15, 0.2) is 36.4 Å². The fraction of sp³-hybridized carbons (Fsp3) is 0.167. The van der Waals surface area contributed by atoms with E-state index in [-0.39, 0.29) is 0 Å². The van der Waals surface area contributed by atoms with Crippen molar-refractivity contribution in [2.24, 2.45) is 0 Å². The molecular weight excluding hydrogens is 222 g/mol. The van der Waals surface area contributed by atoms with Gasteiger partial charge in [-0.05, 0) is 31.2 Å². The first-order valence-corrected chi connectivity index (χ1v) is 5.34. The van der Waals surface area contributed by atoms with E-state index < -0.39 is 0 Å². The standard InChI is InChI=1S/C12H12ClN3/c1-9-3-5-10(6-4-9)16(2)12-8-7-11(13)14-15-12/h3-8H,1-2H3. The predicted octanol–water partition coefficient (Wildman–Crippen LogP) is 3.21. The highest BCUT2D eigenvalue weighted by Gasteiger charge is 2.05. The summed E-state index contributed by atoms with van der Waals surface area (Å²) in [4.78, 5) is 1.96. The molecule has 0 bridgehead atoms. The number of halogens is 1. The summed E-state index contributed by atoms with van der Waals surface area (Å²) in [7, 11) is 1.95. The lowest BCUT2D eigenvalue weighted by Crippen LogP contribution is -2.11. The minimum Gasteiger partial charge on any atom is -0.328 e. The molecule has 3 nitrogen and oxygen atoms in total. The molecular formula is C12H12ClN3. The van der Waals surface area contributed by atoms with E-state index in [2.05, 4.69) is 29.3 Å². The molecule has 82 valence electrons. The van der Waals surface area contributed by atoms with Crippen LogP contribution < -0.4 is 4.90 Å². The summed E-state index contributed by atoms with van der Waals surface area (Å²) < 4.78 is 0. The molecule has 1 aromatic carbocycles. The van der Waals surface area contributed by atoms with Crippen LogP contribution in [0, 0.1) is 6.92 Å². The first-order valence-electron chi connectivity index (χ1n) is 4.96. The van der Waals surface area contributed by atoms with Gasteiger partial charge in [0.05, 0.1) is 0 Å². The number of aromatic nitrogens is 2. The maximum absolute atomic E-state index is 5.69. The molecule has 0 saturated heterocycles. The van der Waals surface area contributed by atoms with Crippen LogP contribution in [0.5, 0.6) is 0 Å². The van der Waals surface area contributed by atoms with Crippen molar-refractivity contribution in [3.63, 3.8) is 0 Å². The molecule has 4 heteroatoms. The second kappa shape index (κ2) is 4.49. The predicted molar refractivity (Wildman–Crippen MR) is 66.3 cm³/mol. The molecule has 0 amide bonds. The van der Waals surface area contributed by atoms with E-state index in [1.165, 1.54) is 5.56 Å². The van der Waals surface area contributed by atoms with Crippen LogP contribution in [0.25, 0.3) is 0 Å². The van der Waals surface area contributed by atoms with E-state index in [0.717, 1.165) is 11.5 Å². The van der Waals surface area contributed by atoms with Gasteiger partial charge in [0.15, 0.2) is 11.0 Å². The number of aryl methyl sites for hydroxylation is 1. The zero-order chi connectivity index (χ0) is 11.5.